The molecule has 0 N–H and O–H groups in total. The van der Waals surface area contributed by atoms with Crippen LogP contribution in [0.1, 0.15) is 16.7 Å². The Morgan fingerprint density at radius 2 is 1.86 bits per heavy atom. The zero-order valence-electron chi connectivity index (χ0n) is 7.11. The number of benzene rings is 1. The van der Waals surface area contributed by atoms with Crippen molar-refractivity contribution in [3.63, 3.8) is 0 Å². The summed E-state index contributed by atoms with van der Waals surface area (Å²) in [6.45, 7) is 1.21. The molecule has 5 heteroatoms. The van der Waals surface area contributed by atoms with Crippen LogP contribution in [0.5, 0.6) is 0 Å². The molecule has 0 spiro atoms. The molecule has 14 heavy (non-hydrogen) atoms. The normalized spacial score (nSPS) is 11.1. The molecule has 1 nitrogen and oxygen atoms in total. The Morgan fingerprint density at radius 1 is 1.29 bits per heavy atom. The van der Waals surface area contributed by atoms with E-state index in [2.05, 4.69) is 0 Å². The second kappa shape index (κ2) is 3.29. The minimum Gasteiger partial charge on any atom is -0.207 e. The highest BCUT2D eigenvalue weighted by molar-refractivity contribution is 5.42. The molecule has 0 radical (unpaired) electrons. The van der Waals surface area contributed by atoms with Gasteiger partial charge in [0, 0.05) is 0 Å². The van der Waals surface area contributed by atoms with Gasteiger partial charge in [0.2, 0.25) is 0 Å². The molecule has 0 atom stereocenters. The quantitative estimate of drug-likeness (QED) is 0.594. The summed E-state index contributed by atoms with van der Waals surface area (Å²) in [5, 5.41) is 8.38. The Hall–Kier alpha value is -1.57. The van der Waals surface area contributed by atoms with Crippen LogP contribution < -0.4 is 0 Å². The molecule has 0 bridgehead atoms. The fourth-order valence-electron chi connectivity index (χ4n) is 1.01. The number of aryl methyl sites for hydroxylation is 1. The van der Waals surface area contributed by atoms with Gasteiger partial charge in [-0.1, -0.05) is 0 Å². The van der Waals surface area contributed by atoms with Crippen LogP contribution in [0.25, 0.3) is 0 Å². The highest BCUT2D eigenvalue weighted by atomic mass is 19.4. The summed E-state index contributed by atoms with van der Waals surface area (Å²) in [7, 11) is 0. The van der Waals surface area contributed by atoms with Gasteiger partial charge < -0.3 is 0 Å². The number of halogens is 4. The second-order valence-corrected chi connectivity index (χ2v) is 2.76. The third kappa shape index (κ3) is 1.84. The molecule has 0 saturated carbocycles. The maximum atomic E-state index is 12.8. The maximum absolute atomic E-state index is 12.8. The monoisotopic (exact) mass is 203 g/mol. The Labute approximate surface area is 77.6 Å². The smallest absolute Gasteiger partial charge is 0.207 e. The molecule has 0 saturated heterocycles. The topological polar surface area (TPSA) is 23.8 Å². The third-order valence-corrected chi connectivity index (χ3v) is 1.72. The van der Waals surface area contributed by atoms with Gasteiger partial charge in [0.05, 0.1) is 17.2 Å². The average Bonchev–Trinajstić information content (AvgIpc) is 2.07. The maximum Gasteiger partial charge on any atom is 0.417 e. The molecule has 74 valence electrons. The van der Waals surface area contributed by atoms with Gasteiger partial charge in [-0.3, -0.25) is 0 Å². The van der Waals surface area contributed by atoms with Gasteiger partial charge in [-0.25, -0.2) is 4.39 Å². The van der Waals surface area contributed by atoms with Crippen molar-refractivity contribution in [2.45, 2.75) is 13.1 Å². The van der Waals surface area contributed by atoms with Crippen LogP contribution in [0, 0.1) is 24.1 Å². The van der Waals surface area contributed by atoms with E-state index >= 15 is 0 Å². The summed E-state index contributed by atoms with van der Waals surface area (Å²) in [6, 6.07) is 2.54. The molecule has 0 fully saturated rings. The van der Waals surface area contributed by atoms with E-state index in [0.29, 0.717) is 12.1 Å². The molecule has 0 aliphatic heterocycles. The summed E-state index contributed by atoms with van der Waals surface area (Å²) in [6.07, 6.45) is -4.62. The first-order valence-electron chi connectivity index (χ1n) is 3.63. The molecule has 0 aliphatic rings. The van der Waals surface area contributed by atoms with Gasteiger partial charge in [0.25, 0.3) is 0 Å². The Kier molecular flexibility index (Phi) is 2.47. The van der Waals surface area contributed by atoms with Gasteiger partial charge in [0.15, 0.2) is 0 Å². The number of alkyl halides is 3. The second-order valence-electron chi connectivity index (χ2n) is 2.76. The summed E-state index contributed by atoms with van der Waals surface area (Å²) < 4.78 is 49.6. The number of rotatable bonds is 0. The fourth-order valence-corrected chi connectivity index (χ4v) is 1.01. The molecule has 0 aliphatic carbocycles. The zero-order chi connectivity index (χ0) is 10.9. The lowest BCUT2D eigenvalue weighted by Gasteiger charge is -2.09. The van der Waals surface area contributed by atoms with E-state index in [4.69, 9.17) is 5.26 Å². The van der Waals surface area contributed by atoms with Crippen LogP contribution in [0.4, 0.5) is 17.6 Å². The van der Waals surface area contributed by atoms with Gasteiger partial charge in [0.1, 0.15) is 5.82 Å². The lowest BCUT2D eigenvalue weighted by molar-refractivity contribution is -0.137. The fraction of sp³-hybridized carbons (Fsp3) is 0.222. The standard InChI is InChI=1S/C9H5F4N/c1-5-2-7(9(11,12)13)6(4-14)3-8(5)10/h2-3H,1H3. The van der Waals surface area contributed by atoms with Crippen molar-refractivity contribution in [1.29, 1.82) is 5.26 Å². The van der Waals surface area contributed by atoms with Crippen LogP contribution >= 0.6 is 0 Å². The van der Waals surface area contributed by atoms with E-state index in [1.54, 1.807) is 0 Å². The Balaban J connectivity index is 3.45. The van der Waals surface area contributed by atoms with Gasteiger partial charge in [-0.05, 0) is 24.6 Å². The van der Waals surface area contributed by atoms with Crippen molar-refractivity contribution < 1.29 is 17.6 Å². The highest BCUT2D eigenvalue weighted by Crippen LogP contribution is 2.32. The van der Waals surface area contributed by atoms with E-state index in [1.165, 1.54) is 13.0 Å². The SMILES string of the molecule is Cc1cc(C(F)(F)F)c(C#N)cc1F. The van der Waals surface area contributed by atoms with Crippen molar-refractivity contribution in [2.75, 3.05) is 0 Å². The largest absolute Gasteiger partial charge is 0.417 e. The van der Waals surface area contributed by atoms with E-state index in [9.17, 15) is 17.6 Å². The number of hydrogen-bond acceptors (Lipinski definition) is 1. The zero-order valence-corrected chi connectivity index (χ0v) is 7.11. The Morgan fingerprint density at radius 3 is 2.29 bits per heavy atom. The average molecular weight is 203 g/mol. The van der Waals surface area contributed by atoms with Crippen LogP contribution in [-0.2, 0) is 6.18 Å². The molecule has 1 rings (SSSR count). The molecule has 0 amide bonds. The van der Waals surface area contributed by atoms with Crippen molar-refractivity contribution in [3.05, 3.63) is 34.6 Å². The summed E-state index contributed by atoms with van der Waals surface area (Å²) in [5.74, 6) is -0.811. The summed E-state index contributed by atoms with van der Waals surface area (Å²) in [4.78, 5) is 0. The number of nitrogens with zero attached hydrogens (tertiary/aromatic N) is 1. The minimum atomic E-state index is -4.62. The van der Waals surface area contributed by atoms with Gasteiger partial charge >= 0.3 is 6.18 Å². The van der Waals surface area contributed by atoms with Crippen molar-refractivity contribution in [3.8, 4) is 6.07 Å². The summed E-state index contributed by atoms with van der Waals surface area (Å²) >= 11 is 0. The number of hydrogen-bond donors (Lipinski definition) is 0. The van der Waals surface area contributed by atoms with Crippen LogP contribution in [-0.4, -0.2) is 0 Å². The lowest BCUT2D eigenvalue weighted by Crippen LogP contribution is -2.09. The molecule has 0 unspecified atom stereocenters. The molecule has 0 aromatic heterocycles. The third-order valence-electron chi connectivity index (χ3n) is 1.72. The molecular weight excluding hydrogens is 198 g/mol. The van der Waals surface area contributed by atoms with Crippen LogP contribution in [0.3, 0.4) is 0 Å². The van der Waals surface area contributed by atoms with Crippen LogP contribution in [0.2, 0.25) is 0 Å². The molecule has 1 aromatic carbocycles. The van der Waals surface area contributed by atoms with E-state index in [0.717, 1.165) is 0 Å². The van der Waals surface area contributed by atoms with Crippen molar-refractivity contribution >= 4 is 0 Å². The van der Waals surface area contributed by atoms with E-state index < -0.39 is 23.1 Å². The predicted octanol–water partition coefficient (Wildman–Crippen LogP) is 3.02. The van der Waals surface area contributed by atoms with Crippen molar-refractivity contribution in [1.82, 2.24) is 0 Å². The predicted molar refractivity (Wildman–Crippen MR) is 40.9 cm³/mol. The number of nitriles is 1. The van der Waals surface area contributed by atoms with E-state index in [1.807, 2.05) is 0 Å². The molecule has 1 aromatic rings. The van der Waals surface area contributed by atoms with Crippen molar-refractivity contribution in [2.24, 2.45) is 0 Å². The van der Waals surface area contributed by atoms with Gasteiger partial charge in [-0.15, -0.1) is 0 Å². The first-order valence-corrected chi connectivity index (χ1v) is 3.63. The van der Waals surface area contributed by atoms with E-state index in [-0.39, 0.29) is 5.56 Å². The summed E-state index contributed by atoms with van der Waals surface area (Å²) in [5.41, 5.74) is -1.92. The van der Waals surface area contributed by atoms with Crippen LogP contribution in [0.15, 0.2) is 12.1 Å². The molecular formula is C9H5F4N. The highest BCUT2D eigenvalue weighted by Gasteiger charge is 2.34. The Bertz CT molecular complexity index is 400. The first-order chi connectivity index (χ1) is 6.36. The lowest BCUT2D eigenvalue weighted by atomic mass is 10.0. The first kappa shape index (κ1) is 10.5. The van der Waals surface area contributed by atoms with Gasteiger partial charge in [-0.2, -0.15) is 18.4 Å². The molecule has 0 heterocycles. The minimum absolute atomic E-state index is 0.128.